The Morgan fingerprint density at radius 1 is 1.00 bits per heavy atom. The molecule has 142 valence electrons. The van der Waals surface area contributed by atoms with E-state index in [2.05, 4.69) is 34.5 Å². The van der Waals surface area contributed by atoms with E-state index in [-0.39, 0.29) is 42.8 Å². The van der Waals surface area contributed by atoms with Crippen LogP contribution in [0.2, 0.25) is 0 Å². The molecular formula is C19H31Cl2N3O. The Bertz CT molecular complexity index is 501. The van der Waals surface area contributed by atoms with Crippen molar-refractivity contribution in [3.8, 4) is 0 Å². The Labute approximate surface area is 163 Å². The summed E-state index contributed by atoms with van der Waals surface area (Å²) < 4.78 is 0. The second kappa shape index (κ2) is 10.9. The fourth-order valence-corrected chi connectivity index (χ4v) is 3.93. The molecule has 0 unspecified atom stereocenters. The third-order valence-corrected chi connectivity index (χ3v) is 5.42. The number of nitrogens with two attached hydrogens (primary N) is 1. The molecule has 3 N–H and O–H groups in total. The molecule has 1 aromatic carbocycles. The monoisotopic (exact) mass is 387 g/mol. The summed E-state index contributed by atoms with van der Waals surface area (Å²) in [6.45, 7) is 1.99. The van der Waals surface area contributed by atoms with Crippen LogP contribution in [-0.4, -0.2) is 31.1 Å². The Kier molecular flexibility index (Phi) is 9.62. The largest absolute Gasteiger partial charge is 0.371 e. The highest BCUT2D eigenvalue weighted by atomic mass is 35.5. The van der Waals surface area contributed by atoms with Crippen molar-refractivity contribution >= 4 is 36.4 Å². The zero-order valence-electron chi connectivity index (χ0n) is 14.7. The normalized spacial score (nSPS) is 20.1. The smallest absolute Gasteiger partial charge is 0.237 e. The van der Waals surface area contributed by atoms with Crippen molar-refractivity contribution in [3.05, 3.63) is 30.3 Å². The second-order valence-corrected chi connectivity index (χ2v) is 7.03. The van der Waals surface area contributed by atoms with Gasteiger partial charge in [-0.05, 0) is 43.7 Å². The van der Waals surface area contributed by atoms with Crippen LogP contribution in [0.1, 0.15) is 44.9 Å². The van der Waals surface area contributed by atoms with Gasteiger partial charge in [-0.3, -0.25) is 4.79 Å². The van der Waals surface area contributed by atoms with Crippen LogP contribution in [0.4, 0.5) is 5.69 Å². The summed E-state index contributed by atoms with van der Waals surface area (Å²) in [5.74, 6) is 0.447. The van der Waals surface area contributed by atoms with Crippen molar-refractivity contribution < 1.29 is 4.79 Å². The molecule has 0 bridgehead atoms. The van der Waals surface area contributed by atoms with Crippen molar-refractivity contribution in [1.82, 2.24) is 5.32 Å². The van der Waals surface area contributed by atoms with Gasteiger partial charge in [0.25, 0.3) is 0 Å². The van der Waals surface area contributed by atoms with E-state index in [1.807, 2.05) is 6.07 Å². The molecule has 6 heteroatoms. The number of para-hydroxylation sites is 1. The van der Waals surface area contributed by atoms with Gasteiger partial charge in [-0.15, -0.1) is 24.8 Å². The SMILES string of the molecule is Cl.Cl.N[C@H](C(=O)NC1CCN(c2ccccc2)CC1)C1CCCCC1. The number of amides is 1. The quantitative estimate of drug-likeness (QED) is 0.830. The number of halogens is 2. The van der Waals surface area contributed by atoms with Crippen LogP contribution in [0.5, 0.6) is 0 Å². The van der Waals surface area contributed by atoms with Crippen molar-refractivity contribution in [2.24, 2.45) is 11.7 Å². The zero-order valence-corrected chi connectivity index (χ0v) is 16.4. The number of hydrogen-bond donors (Lipinski definition) is 2. The maximum atomic E-state index is 12.4. The highest BCUT2D eigenvalue weighted by Gasteiger charge is 2.28. The van der Waals surface area contributed by atoms with Gasteiger partial charge in [-0.1, -0.05) is 37.5 Å². The summed E-state index contributed by atoms with van der Waals surface area (Å²) in [4.78, 5) is 14.8. The average molecular weight is 388 g/mol. The molecule has 0 spiro atoms. The van der Waals surface area contributed by atoms with Crippen molar-refractivity contribution in [1.29, 1.82) is 0 Å². The Morgan fingerprint density at radius 2 is 1.60 bits per heavy atom. The van der Waals surface area contributed by atoms with Gasteiger partial charge in [0.05, 0.1) is 6.04 Å². The van der Waals surface area contributed by atoms with E-state index in [4.69, 9.17) is 5.73 Å². The van der Waals surface area contributed by atoms with Crippen LogP contribution in [0, 0.1) is 5.92 Å². The van der Waals surface area contributed by atoms with E-state index >= 15 is 0 Å². The summed E-state index contributed by atoms with van der Waals surface area (Å²) >= 11 is 0. The average Bonchev–Trinajstić information content (AvgIpc) is 2.63. The molecule has 1 amide bonds. The first-order valence-corrected chi connectivity index (χ1v) is 9.10. The molecule has 1 aliphatic carbocycles. The molecule has 25 heavy (non-hydrogen) atoms. The molecule has 2 fully saturated rings. The molecule has 4 nitrogen and oxygen atoms in total. The maximum Gasteiger partial charge on any atom is 0.237 e. The molecule has 0 aromatic heterocycles. The third kappa shape index (κ3) is 6.05. The first-order valence-electron chi connectivity index (χ1n) is 9.10. The van der Waals surface area contributed by atoms with Crippen molar-refractivity contribution in [2.45, 2.75) is 57.0 Å². The summed E-state index contributed by atoms with van der Waals surface area (Å²) in [6, 6.07) is 10.5. The molecule has 1 heterocycles. The van der Waals surface area contributed by atoms with Crippen LogP contribution in [0.25, 0.3) is 0 Å². The number of rotatable bonds is 4. The number of benzene rings is 1. The lowest BCUT2D eigenvalue weighted by Crippen LogP contribution is -2.52. The number of piperidine rings is 1. The summed E-state index contributed by atoms with van der Waals surface area (Å²) in [5.41, 5.74) is 7.48. The minimum absolute atomic E-state index is 0. The predicted molar refractivity (Wildman–Crippen MR) is 109 cm³/mol. The third-order valence-electron chi connectivity index (χ3n) is 5.42. The van der Waals surface area contributed by atoms with Gasteiger partial charge in [0, 0.05) is 24.8 Å². The lowest BCUT2D eigenvalue weighted by atomic mass is 9.84. The van der Waals surface area contributed by atoms with E-state index in [0.717, 1.165) is 38.8 Å². The molecule has 1 saturated carbocycles. The molecular weight excluding hydrogens is 357 g/mol. The Balaban J connectivity index is 0.00000156. The van der Waals surface area contributed by atoms with Gasteiger partial charge in [0.1, 0.15) is 0 Å². The molecule has 2 aliphatic rings. The zero-order chi connectivity index (χ0) is 16.1. The van der Waals surface area contributed by atoms with Gasteiger partial charge in [-0.25, -0.2) is 0 Å². The minimum atomic E-state index is -0.317. The van der Waals surface area contributed by atoms with Gasteiger partial charge in [0.15, 0.2) is 0 Å². The van der Waals surface area contributed by atoms with Gasteiger partial charge in [0.2, 0.25) is 5.91 Å². The van der Waals surface area contributed by atoms with E-state index < -0.39 is 0 Å². The molecule has 1 saturated heterocycles. The molecule has 3 rings (SSSR count). The van der Waals surface area contributed by atoms with Gasteiger partial charge in [-0.2, -0.15) is 0 Å². The van der Waals surface area contributed by atoms with E-state index in [1.165, 1.54) is 24.9 Å². The number of anilines is 1. The number of hydrogen-bond acceptors (Lipinski definition) is 3. The van der Waals surface area contributed by atoms with Gasteiger partial charge < -0.3 is 16.0 Å². The fraction of sp³-hybridized carbons (Fsp3) is 0.632. The summed E-state index contributed by atoms with van der Waals surface area (Å²) in [7, 11) is 0. The number of nitrogens with zero attached hydrogens (tertiary/aromatic N) is 1. The summed E-state index contributed by atoms with van der Waals surface area (Å²) in [5, 5.41) is 3.20. The predicted octanol–water partition coefficient (Wildman–Crippen LogP) is 3.52. The maximum absolute atomic E-state index is 12.4. The van der Waals surface area contributed by atoms with Crippen LogP contribution < -0.4 is 16.0 Å². The highest BCUT2D eigenvalue weighted by Crippen LogP contribution is 2.26. The first-order chi connectivity index (χ1) is 11.2. The molecule has 0 radical (unpaired) electrons. The van der Waals surface area contributed by atoms with Crippen molar-refractivity contribution in [2.75, 3.05) is 18.0 Å². The van der Waals surface area contributed by atoms with E-state index in [1.54, 1.807) is 0 Å². The number of carbonyl (C=O) groups is 1. The number of nitrogens with one attached hydrogen (secondary N) is 1. The first kappa shape index (κ1) is 22.1. The van der Waals surface area contributed by atoms with E-state index in [9.17, 15) is 4.79 Å². The second-order valence-electron chi connectivity index (χ2n) is 7.03. The molecule has 1 atom stereocenters. The minimum Gasteiger partial charge on any atom is -0.371 e. The Hall–Kier alpha value is -0.970. The number of carbonyl (C=O) groups excluding carboxylic acids is 1. The molecule has 1 aliphatic heterocycles. The van der Waals surface area contributed by atoms with Crippen LogP contribution in [0.3, 0.4) is 0 Å². The lowest BCUT2D eigenvalue weighted by molar-refractivity contribution is -0.124. The van der Waals surface area contributed by atoms with Crippen molar-refractivity contribution in [3.63, 3.8) is 0 Å². The standard InChI is InChI=1S/C19H29N3O.2ClH/c20-18(15-7-3-1-4-8-15)19(23)21-16-11-13-22(14-12-16)17-9-5-2-6-10-17;;/h2,5-6,9-10,15-16,18H,1,3-4,7-8,11-14,20H2,(H,21,23);2*1H/t18-;;/m0../s1. The Morgan fingerprint density at radius 3 is 2.20 bits per heavy atom. The van der Waals surface area contributed by atoms with Crippen LogP contribution in [-0.2, 0) is 4.79 Å². The van der Waals surface area contributed by atoms with Gasteiger partial charge >= 0.3 is 0 Å². The van der Waals surface area contributed by atoms with Crippen LogP contribution >= 0.6 is 24.8 Å². The molecule has 1 aromatic rings. The lowest BCUT2D eigenvalue weighted by Gasteiger charge is -2.35. The topological polar surface area (TPSA) is 58.4 Å². The van der Waals surface area contributed by atoms with E-state index in [0.29, 0.717) is 5.92 Å². The highest BCUT2D eigenvalue weighted by molar-refractivity contribution is 5.85. The fourth-order valence-electron chi connectivity index (χ4n) is 3.93. The van der Waals surface area contributed by atoms with Crippen LogP contribution in [0.15, 0.2) is 30.3 Å². The summed E-state index contributed by atoms with van der Waals surface area (Å²) in [6.07, 6.45) is 7.96.